The molecule has 0 N–H and O–H groups in total. The van der Waals surface area contributed by atoms with Crippen LogP contribution < -0.4 is 9.78 Å². The zero-order valence-corrected chi connectivity index (χ0v) is 14.4. The van der Waals surface area contributed by atoms with E-state index in [1.165, 1.54) is 0 Å². The van der Waals surface area contributed by atoms with Crippen LogP contribution in [0.4, 0.5) is 0 Å². The zero-order chi connectivity index (χ0) is 16.8. The minimum atomic E-state index is -0.273. The lowest BCUT2D eigenvalue weighted by atomic mass is 10.2. The molecule has 0 aliphatic carbocycles. The molecule has 0 saturated heterocycles. The van der Waals surface area contributed by atoms with Gasteiger partial charge in [0.15, 0.2) is 0 Å². The Hall–Kier alpha value is -2.72. The van der Waals surface area contributed by atoms with Crippen molar-refractivity contribution in [2.75, 3.05) is 0 Å². The molecule has 4 heteroatoms. The van der Waals surface area contributed by atoms with Crippen molar-refractivity contribution in [3.63, 3.8) is 0 Å². The van der Waals surface area contributed by atoms with Crippen LogP contribution in [-0.4, -0.2) is 5.90 Å². The van der Waals surface area contributed by atoms with Crippen LogP contribution >= 0.6 is 15.9 Å². The SMILES string of the molecule is [O-]/C(=N\[n+]1ccccc1/C=C/c1ccc(Br)cc1)c1ccccc1. The second-order valence-corrected chi connectivity index (χ2v) is 6.04. The smallest absolute Gasteiger partial charge is 0.238 e. The normalized spacial score (nSPS) is 11.8. The monoisotopic (exact) mass is 378 g/mol. The van der Waals surface area contributed by atoms with Gasteiger partial charge in [-0.15, -0.1) is 0 Å². The molecule has 0 atom stereocenters. The van der Waals surface area contributed by atoms with Crippen LogP contribution in [0.1, 0.15) is 16.8 Å². The molecule has 3 aromatic rings. The van der Waals surface area contributed by atoms with E-state index in [1.807, 2.05) is 72.8 Å². The molecule has 0 unspecified atom stereocenters. The quantitative estimate of drug-likeness (QED) is 0.389. The first-order valence-electron chi connectivity index (χ1n) is 7.48. The number of rotatable bonds is 4. The van der Waals surface area contributed by atoms with Crippen LogP contribution in [0.3, 0.4) is 0 Å². The van der Waals surface area contributed by atoms with Crippen molar-refractivity contribution in [2.24, 2.45) is 5.10 Å². The van der Waals surface area contributed by atoms with Crippen LogP contribution in [0.15, 0.2) is 88.6 Å². The maximum Gasteiger partial charge on any atom is 0.238 e. The summed E-state index contributed by atoms with van der Waals surface area (Å²) in [5.74, 6) is -0.273. The van der Waals surface area contributed by atoms with Gasteiger partial charge in [0, 0.05) is 22.7 Å². The average Bonchev–Trinajstić information content (AvgIpc) is 2.63. The van der Waals surface area contributed by atoms with E-state index >= 15 is 0 Å². The summed E-state index contributed by atoms with van der Waals surface area (Å²) in [6, 6.07) is 22.7. The highest BCUT2D eigenvalue weighted by Crippen LogP contribution is 2.12. The van der Waals surface area contributed by atoms with Gasteiger partial charge in [-0.05, 0) is 40.5 Å². The maximum atomic E-state index is 12.3. The number of halogens is 1. The molecule has 2 aromatic carbocycles. The Morgan fingerprint density at radius 2 is 1.58 bits per heavy atom. The van der Waals surface area contributed by atoms with Crippen molar-refractivity contribution >= 4 is 34.0 Å². The fourth-order valence-electron chi connectivity index (χ4n) is 2.16. The van der Waals surface area contributed by atoms with Crippen molar-refractivity contribution in [1.29, 1.82) is 0 Å². The topological polar surface area (TPSA) is 39.3 Å². The lowest BCUT2D eigenvalue weighted by Gasteiger charge is -2.06. The molecule has 0 saturated carbocycles. The Morgan fingerprint density at radius 1 is 0.875 bits per heavy atom. The van der Waals surface area contributed by atoms with E-state index in [-0.39, 0.29) is 5.90 Å². The van der Waals surface area contributed by atoms with E-state index in [0.29, 0.717) is 5.56 Å². The van der Waals surface area contributed by atoms with Gasteiger partial charge < -0.3 is 5.11 Å². The summed E-state index contributed by atoms with van der Waals surface area (Å²) in [4.78, 5) is 0. The first-order valence-corrected chi connectivity index (χ1v) is 8.27. The summed E-state index contributed by atoms with van der Waals surface area (Å²) >= 11 is 3.42. The molecule has 0 aliphatic heterocycles. The number of aromatic nitrogens is 1. The lowest BCUT2D eigenvalue weighted by molar-refractivity contribution is -0.683. The van der Waals surface area contributed by atoms with E-state index in [4.69, 9.17) is 0 Å². The van der Waals surface area contributed by atoms with E-state index in [2.05, 4.69) is 21.0 Å². The Morgan fingerprint density at radius 3 is 2.33 bits per heavy atom. The molecule has 1 heterocycles. The summed E-state index contributed by atoms with van der Waals surface area (Å²) in [6.45, 7) is 0. The summed E-state index contributed by atoms with van der Waals surface area (Å²) in [6.07, 6.45) is 5.69. The van der Waals surface area contributed by atoms with Crippen LogP contribution in [-0.2, 0) is 0 Å². The van der Waals surface area contributed by atoms with Crippen molar-refractivity contribution in [1.82, 2.24) is 0 Å². The maximum absolute atomic E-state index is 12.3. The van der Waals surface area contributed by atoms with Crippen molar-refractivity contribution in [2.45, 2.75) is 0 Å². The van der Waals surface area contributed by atoms with E-state index in [1.54, 1.807) is 23.0 Å². The lowest BCUT2D eigenvalue weighted by Crippen LogP contribution is -2.36. The number of benzene rings is 2. The Kier molecular flexibility index (Phi) is 5.18. The molecular formula is C20H15BrN2O. The number of nitrogens with zero attached hydrogens (tertiary/aromatic N) is 2. The molecule has 0 bridgehead atoms. The average molecular weight is 379 g/mol. The molecule has 3 rings (SSSR count). The van der Waals surface area contributed by atoms with Gasteiger partial charge in [-0.25, -0.2) is 0 Å². The standard InChI is InChI=1S/C20H15BrN2O/c21-18-12-9-16(10-13-18)11-14-19-8-4-5-15-23(19)22-20(24)17-6-2-1-3-7-17/h1-15H/b14-11+. The van der Waals surface area contributed by atoms with Gasteiger partial charge in [0.1, 0.15) is 0 Å². The van der Waals surface area contributed by atoms with Crippen molar-refractivity contribution < 1.29 is 9.78 Å². The van der Waals surface area contributed by atoms with Gasteiger partial charge in [0.25, 0.3) is 0 Å². The van der Waals surface area contributed by atoms with E-state index in [0.717, 1.165) is 15.7 Å². The van der Waals surface area contributed by atoms with Gasteiger partial charge in [0.2, 0.25) is 11.9 Å². The predicted molar refractivity (Wildman–Crippen MR) is 98.1 cm³/mol. The number of hydrogen-bond donors (Lipinski definition) is 0. The van der Waals surface area contributed by atoms with Crippen LogP contribution in [0.5, 0.6) is 0 Å². The highest BCUT2D eigenvalue weighted by molar-refractivity contribution is 9.10. The zero-order valence-electron chi connectivity index (χ0n) is 12.8. The molecule has 0 spiro atoms. The van der Waals surface area contributed by atoms with Crippen molar-refractivity contribution in [3.8, 4) is 0 Å². The third-order valence-electron chi connectivity index (χ3n) is 3.41. The fraction of sp³-hybridized carbons (Fsp3) is 0. The second-order valence-electron chi connectivity index (χ2n) is 5.13. The Balaban J connectivity index is 1.89. The summed E-state index contributed by atoms with van der Waals surface area (Å²) in [7, 11) is 0. The van der Waals surface area contributed by atoms with Crippen LogP contribution in [0.25, 0.3) is 12.2 Å². The van der Waals surface area contributed by atoms with Gasteiger partial charge in [-0.1, -0.05) is 63.1 Å². The van der Waals surface area contributed by atoms with Gasteiger partial charge in [-0.3, -0.25) is 0 Å². The summed E-state index contributed by atoms with van der Waals surface area (Å²) < 4.78 is 2.63. The van der Waals surface area contributed by atoms with Gasteiger partial charge in [0.05, 0.1) is 5.90 Å². The van der Waals surface area contributed by atoms with E-state index < -0.39 is 0 Å². The molecule has 0 amide bonds. The molecule has 118 valence electrons. The molecular weight excluding hydrogens is 364 g/mol. The minimum absolute atomic E-state index is 0.273. The third kappa shape index (κ3) is 4.18. The predicted octanol–water partition coefficient (Wildman–Crippen LogP) is 3.48. The Bertz CT molecular complexity index is 872. The summed E-state index contributed by atoms with van der Waals surface area (Å²) in [5.41, 5.74) is 2.46. The molecule has 0 aliphatic rings. The fourth-order valence-corrected chi connectivity index (χ4v) is 2.43. The largest absolute Gasteiger partial charge is 0.854 e. The molecule has 0 fully saturated rings. The van der Waals surface area contributed by atoms with Crippen LogP contribution in [0, 0.1) is 0 Å². The minimum Gasteiger partial charge on any atom is -0.854 e. The highest BCUT2D eigenvalue weighted by atomic mass is 79.9. The van der Waals surface area contributed by atoms with Crippen molar-refractivity contribution in [3.05, 3.63) is 100 Å². The summed E-state index contributed by atoms with van der Waals surface area (Å²) in [5, 5.41) is 16.4. The van der Waals surface area contributed by atoms with Crippen LogP contribution in [0.2, 0.25) is 0 Å². The van der Waals surface area contributed by atoms with Gasteiger partial charge >= 0.3 is 0 Å². The molecule has 3 nitrogen and oxygen atoms in total. The molecule has 0 radical (unpaired) electrons. The highest BCUT2D eigenvalue weighted by Gasteiger charge is 2.05. The third-order valence-corrected chi connectivity index (χ3v) is 3.93. The van der Waals surface area contributed by atoms with Gasteiger partial charge in [-0.2, -0.15) is 0 Å². The second kappa shape index (κ2) is 7.70. The number of hydrogen-bond acceptors (Lipinski definition) is 2. The first-order chi connectivity index (χ1) is 11.7. The molecule has 1 aromatic heterocycles. The number of pyridine rings is 1. The first kappa shape index (κ1) is 16.1. The molecule has 24 heavy (non-hydrogen) atoms. The van der Waals surface area contributed by atoms with E-state index in [9.17, 15) is 5.11 Å². The Labute approximate surface area is 149 Å².